The van der Waals surface area contributed by atoms with Crippen molar-refractivity contribution in [3.63, 3.8) is 0 Å². The molecule has 0 amide bonds. The maximum atomic E-state index is 5.99. The molecule has 3 nitrogen and oxygen atoms in total. The number of hydrogen-bond donors (Lipinski definition) is 1. The predicted molar refractivity (Wildman–Crippen MR) is 69.4 cm³/mol. The minimum absolute atomic E-state index is 0.486. The largest absolute Gasteiger partial charge is 0.317 e. The first-order chi connectivity index (χ1) is 8.33. The number of rotatable bonds is 1. The van der Waals surface area contributed by atoms with E-state index >= 15 is 0 Å². The van der Waals surface area contributed by atoms with Crippen LogP contribution in [-0.4, -0.2) is 23.1 Å². The van der Waals surface area contributed by atoms with Gasteiger partial charge in [-0.1, -0.05) is 11.6 Å². The highest BCUT2D eigenvalue weighted by atomic mass is 35.5. The zero-order valence-corrected chi connectivity index (χ0v) is 10.2. The zero-order valence-electron chi connectivity index (χ0n) is 9.49. The van der Waals surface area contributed by atoms with Crippen molar-refractivity contribution in [3.05, 3.63) is 35.2 Å². The van der Waals surface area contributed by atoms with E-state index in [0.29, 0.717) is 5.92 Å². The first kappa shape index (κ1) is 10.9. The molecule has 0 bridgehead atoms. The first-order valence-electron chi connectivity index (χ1n) is 5.96. The van der Waals surface area contributed by atoms with Gasteiger partial charge >= 0.3 is 0 Å². The van der Waals surface area contributed by atoms with Gasteiger partial charge < -0.3 is 5.32 Å². The van der Waals surface area contributed by atoms with Crippen molar-refractivity contribution in [1.82, 2.24) is 15.3 Å². The van der Waals surface area contributed by atoms with Gasteiger partial charge in [0, 0.05) is 22.5 Å². The Balaban J connectivity index is 1.99. The molecule has 1 aliphatic heterocycles. The molecular weight excluding hydrogens is 234 g/mol. The van der Waals surface area contributed by atoms with Crippen LogP contribution in [0.25, 0.3) is 10.9 Å². The monoisotopic (exact) mass is 247 g/mol. The molecule has 2 aromatic rings. The molecule has 4 heteroatoms. The van der Waals surface area contributed by atoms with E-state index in [9.17, 15) is 0 Å². The molecule has 17 heavy (non-hydrogen) atoms. The molecule has 1 fully saturated rings. The normalized spacial score (nSPS) is 17.5. The molecule has 1 saturated heterocycles. The number of nitrogens with one attached hydrogen (secondary N) is 1. The molecule has 0 unspecified atom stereocenters. The van der Waals surface area contributed by atoms with E-state index in [1.54, 1.807) is 0 Å². The number of aromatic nitrogens is 2. The van der Waals surface area contributed by atoms with Gasteiger partial charge in [0.05, 0.1) is 5.52 Å². The van der Waals surface area contributed by atoms with Crippen molar-refractivity contribution >= 4 is 22.5 Å². The van der Waals surface area contributed by atoms with Gasteiger partial charge in [0.25, 0.3) is 0 Å². The van der Waals surface area contributed by atoms with Crippen molar-refractivity contribution in [1.29, 1.82) is 0 Å². The highest BCUT2D eigenvalue weighted by Gasteiger charge is 2.17. The summed E-state index contributed by atoms with van der Waals surface area (Å²) in [5.74, 6) is 1.45. The quantitative estimate of drug-likeness (QED) is 0.842. The Hall–Kier alpha value is -1.19. The molecule has 1 N–H and O–H groups in total. The zero-order chi connectivity index (χ0) is 11.7. The molecule has 88 valence electrons. The van der Waals surface area contributed by atoms with Gasteiger partial charge in [0.1, 0.15) is 5.82 Å². The summed E-state index contributed by atoms with van der Waals surface area (Å²) in [4.78, 5) is 9.11. The molecule has 2 heterocycles. The van der Waals surface area contributed by atoms with Gasteiger partial charge in [-0.15, -0.1) is 0 Å². The average Bonchev–Trinajstić information content (AvgIpc) is 2.39. The van der Waals surface area contributed by atoms with Gasteiger partial charge in [0.2, 0.25) is 0 Å². The Bertz CT molecular complexity index is 535. The lowest BCUT2D eigenvalue weighted by Gasteiger charge is -2.21. The van der Waals surface area contributed by atoms with Gasteiger partial charge in [-0.2, -0.15) is 0 Å². The van der Waals surface area contributed by atoms with E-state index in [1.807, 2.05) is 24.4 Å². The molecule has 0 saturated carbocycles. The highest BCUT2D eigenvalue weighted by Crippen LogP contribution is 2.24. The van der Waals surface area contributed by atoms with Gasteiger partial charge in [-0.25, -0.2) is 9.97 Å². The van der Waals surface area contributed by atoms with E-state index in [-0.39, 0.29) is 0 Å². The Kier molecular flexibility index (Phi) is 2.95. The fraction of sp³-hybridized carbons (Fsp3) is 0.385. The van der Waals surface area contributed by atoms with E-state index in [4.69, 9.17) is 11.6 Å². The molecule has 0 atom stereocenters. The Morgan fingerprint density at radius 3 is 2.88 bits per heavy atom. The summed E-state index contributed by atoms with van der Waals surface area (Å²) in [6.45, 7) is 2.11. The minimum Gasteiger partial charge on any atom is -0.317 e. The van der Waals surface area contributed by atoms with Crippen LogP contribution in [0.3, 0.4) is 0 Å². The lowest BCUT2D eigenvalue weighted by molar-refractivity contribution is 0.446. The molecule has 1 aromatic carbocycles. The number of fused-ring (bicyclic) bond motifs is 1. The van der Waals surface area contributed by atoms with Crippen LogP contribution in [0.15, 0.2) is 24.4 Å². The van der Waals surface area contributed by atoms with Crippen molar-refractivity contribution < 1.29 is 0 Å². The first-order valence-corrected chi connectivity index (χ1v) is 6.33. The molecule has 1 aromatic heterocycles. The van der Waals surface area contributed by atoms with Crippen molar-refractivity contribution in [2.45, 2.75) is 18.8 Å². The summed E-state index contributed by atoms with van der Waals surface area (Å²) in [5, 5.41) is 5.13. The summed E-state index contributed by atoms with van der Waals surface area (Å²) >= 11 is 5.99. The predicted octanol–water partition coefficient (Wildman–Crippen LogP) is 2.75. The topological polar surface area (TPSA) is 37.8 Å². The van der Waals surface area contributed by atoms with Crippen molar-refractivity contribution in [2.24, 2.45) is 0 Å². The second kappa shape index (κ2) is 4.59. The van der Waals surface area contributed by atoms with E-state index in [2.05, 4.69) is 15.3 Å². The summed E-state index contributed by atoms with van der Waals surface area (Å²) in [7, 11) is 0. The van der Waals surface area contributed by atoms with Gasteiger partial charge in [0.15, 0.2) is 0 Å². The van der Waals surface area contributed by atoms with Crippen LogP contribution >= 0.6 is 11.6 Å². The average molecular weight is 248 g/mol. The maximum Gasteiger partial charge on any atom is 0.132 e. The molecular formula is C13H14ClN3. The van der Waals surface area contributed by atoms with Crippen LogP contribution in [0.5, 0.6) is 0 Å². The number of hydrogen-bond acceptors (Lipinski definition) is 3. The molecule has 0 radical (unpaired) electrons. The number of piperidine rings is 1. The summed E-state index contributed by atoms with van der Waals surface area (Å²) in [6, 6.07) is 5.74. The molecule has 0 aliphatic carbocycles. The second-order valence-electron chi connectivity index (χ2n) is 4.46. The molecule has 1 aliphatic rings. The summed E-state index contributed by atoms with van der Waals surface area (Å²) in [6.07, 6.45) is 4.13. The third-order valence-electron chi connectivity index (χ3n) is 3.27. The lowest BCUT2D eigenvalue weighted by atomic mass is 9.97. The fourth-order valence-corrected chi connectivity index (χ4v) is 2.45. The highest BCUT2D eigenvalue weighted by molar-refractivity contribution is 6.31. The Morgan fingerprint density at radius 2 is 2.06 bits per heavy atom. The van der Waals surface area contributed by atoms with Crippen LogP contribution in [-0.2, 0) is 0 Å². The van der Waals surface area contributed by atoms with Crippen molar-refractivity contribution in [3.8, 4) is 0 Å². The van der Waals surface area contributed by atoms with Crippen LogP contribution in [0, 0.1) is 0 Å². The SMILES string of the molecule is Clc1ccc2cnc(C3CCNCC3)nc2c1. The molecule has 0 spiro atoms. The molecule has 3 rings (SSSR count). The maximum absolute atomic E-state index is 5.99. The van der Waals surface area contributed by atoms with Crippen LogP contribution in [0.4, 0.5) is 0 Å². The standard InChI is InChI=1S/C13H14ClN3/c14-11-2-1-10-8-16-13(17-12(10)7-11)9-3-5-15-6-4-9/h1-2,7-9,15H,3-6H2. The van der Waals surface area contributed by atoms with E-state index in [1.165, 1.54) is 0 Å². The van der Waals surface area contributed by atoms with Gasteiger partial charge in [-0.05, 0) is 44.1 Å². The van der Waals surface area contributed by atoms with Crippen LogP contribution < -0.4 is 5.32 Å². The second-order valence-corrected chi connectivity index (χ2v) is 4.89. The number of benzene rings is 1. The van der Waals surface area contributed by atoms with Crippen molar-refractivity contribution in [2.75, 3.05) is 13.1 Å². The lowest BCUT2D eigenvalue weighted by Crippen LogP contribution is -2.27. The fourth-order valence-electron chi connectivity index (χ4n) is 2.29. The Labute approximate surface area is 105 Å². The Morgan fingerprint density at radius 1 is 1.24 bits per heavy atom. The summed E-state index contributed by atoms with van der Waals surface area (Å²) in [5.41, 5.74) is 0.945. The van der Waals surface area contributed by atoms with Crippen LogP contribution in [0.1, 0.15) is 24.6 Å². The third kappa shape index (κ3) is 2.26. The number of nitrogens with zero attached hydrogens (tertiary/aromatic N) is 2. The third-order valence-corrected chi connectivity index (χ3v) is 3.50. The summed E-state index contributed by atoms with van der Waals surface area (Å²) < 4.78 is 0. The minimum atomic E-state index is 0.486. The van der Waals surface area contributed by atoms with E-state index < -0.39 is 0 Å². The van der Waals surface area contributed by atoms with Crippen LogP contribution in [0.2, 0.25) is 5.02 Å². The smallest absolute Gasteiger partial charge is 0.132 e. The van der Waals surface area contributed by atoms with E-state index in [0.717, 1.165) is 47.7 Å². The number of halogens is 1. The van der Waals surface area contributed by atoms with Gasteiger partial charge in [-0.3, -0.25) is 0 Å².